The third-order valence-corrected chi connectivity index (χ3v) is 7.83. The van der Waals surface area contributed by atoms with Crippen LogP contribution in [-0.2, 0) is 14.6 Å². The van der Waals surface area contributed by atoms with E-state index >= 15 is 0 Å². The lowest BCUT2D eigenvalue weighted by molar-refractivity contribution is -0.118. The lowest BCUT2D eigenvalue weighted by Gasteiger charge is -2.28. The zero-order valence-electron chi connectivity index (χ0n) is 15.3. The maximum absolute atomic E-state index is 13.4. The van der Waals surface area contributed by atoms with Gasteiger partial charge < -0.3 is 10.1 Å². The molecular formula is C20H22ClNO4S. The number of carbonyl (C=O) groups excluding carboxylic acids is 1. The van der Waals surface area contributed by atoms with E-state index in [9.17, 15) is 13.2 Å². The zero-order valence-corrected chi connectivity index (χ0v) is 16.9. The second-order valence-electron chi connectivity index (χ2n) is 6.82. The summed E-state index contributed by atoms with van der Waals surface area (Å²) in [6, 6.07) is 11.4. The molecule has 1 aliphatic rings. The number of halogens is 1. The van der Waals surface area contributed by atoms with Crippen molar-refractivity contribution < 1.29 is 17.9 Å². The molecule has 3 rings (SSSR count). The quantitative estimate of drug-likeness (QED) is 0.798. The van der Waals surface area contributed by atoms with Gasteiger partial charge in [0.2, 0.25) is 5.91 Å². The summed E-state index contributed by atoms with van der Waals surface area (Å²) in [6.45, 7) is 1.89. The normalized spacial score (nSPS) is 16.1. The number of anilines is 1. The first-order valence-electron chi connectivity index (χ1n) is 8.76. The molecule has 144 valence electrons. The molecule has 7 heteroatoms. The highest BCUT2D eigenvalue weighted by Crippen LogP contribution is 2.42. The molecule has 0 bridgehead atoms. The lowest BCUT2D eigenvalue weighted by Crippen LogP contribution is -2.47. The average Bonchev–Trinajstić information content (AvgIpc) is 3.14. The summed E-state index contributed by atoms with van der Waals surface area (Å²) < 4.78 is 30.6. The van der Waals surface area contributed by atoms with Gasteiger partial charge in [0.15, 0.2) is 14.6 Å². The Morgan fingerprint density at radius 3 is 2.33 bits per heavy atom. The molecule has 0 aromatic heterocycles. The first-order valence-corrected chi connectivity index (χ1v) is 10.6. The summed E-state index contributed by atoms with van der Waals surface area (Å²) in [7, 11) is -2.37. The van der Waals surface area contributed by atoms with E-state index in [-0.39, 0.29) is 17.7 Å². The number of ether oxygens (including phenoxy) is 1. The highest BCUT2D eigenvalue weighted by Gasteiger charge is 2.53. The van der Waals surface area contributed by atoms with Crippen LogP contribution in [0.15, 0.2) is 47.4 Å². The Morgan fingerprint density at radius 1 is 1.11 bits per heavy atom. The van der Waals surface area contributed by atoms with Crippen LogP contribution in [0.25, 0.3) is 0 Å². The molecule has 1 amide bonds. The van der Waals surface area contributed by atoms with Crippen LogP contribution in [0.1, 0.15) is 31.2 Å². The molecule has 0 heterocycles. The summed E-state index contributed by atoms with van der Waals surface area (Å²) in [5, 5.41) is 3.25. The van der Waals surface area contributed by atoms with Gasteiger partial charge in [0.05, 0.1) is 17.7 Å². The number of nitrogens with one attached hydrogen (secondary N) is 1. The van der Waals surface area contributed by atoms with Gasteiger partial charge in [0.25, 0.3) is 0 Å². The monoisotopic (exact) mass is 407 g/mol. The van der Waals surface area contributed by atoms with Gasteiger partial charge >= 0.3 is 0 Å². The minimum Gasteiger partial charge on any atom is -0.495 e. The van der Waals surface area contributed by atoms with Gasteiger partial charge in [-0.05, 0) is 61.7 Å². The van der Waals surface area contributed by atoms with E-state index in [0.717, 1.165) is 5.56 Å². The Bertz CT molecular complexity index is 948. The Morgan fingerprint density at radius 2 is 1.74 bits per heavy atom. The van der Waals surface area contributed by atoms with Crippen LogP contribution in [0.4, 0.5) is 5.69 Å². The first kappa shape index (κ1) is 19.7. The second-order valence-corrected chi connectivity index (χ2v) is 9.51. The van der Waals surface area contributed by atoms with Crippen LogP contribution < -0.4 is 10.1 Å². The minimum absolute atomic E-state index is 0.111. The van der Waals surface area contributed by atoms with E-state index in [1.807, 2.05) is 13.0 Å². The Labute approximate surface area is 164 Å². The van der Waals surface area contributed by atoms with Gasteiger partial charge in [-0.1, -0.05) is 30.5 Å². The van der Waals surface area contributed by atoms with Crippen molar-refractivity contribution in [2.75, 3.05) is 12.4 Å². The van der Waals surface area contributed by atoms with Gasteiger partial charge in [-0.15, -0.1) is 0 Å². The van der Waals surface area contributed by atoms with Crippen molar-refractivity contribution in [2.24, 2.45) is 0 Å². The molecule has 0 atom stereocenters. The highest BCUT2D eigenvalue weighted by atomic mass is 35.5. The molecular weight excluding hydrogens is 386 g/mol. The predicted octanol–water partition coefficient (Wildman–Crippen LogP) is 4.38. The van der Waals surface area contributed by atoms with Crippen molar-refractivity contribution in [1.82, 2.24) is 0 Å². The van der Waals surface area contributed by atoms with Crippen LogP contribution in [0.3, 0.4) is 0 Å². The number of hydrogen-bond acceptors (Lipinski definition) is 4. The molecule has 0 spiro atoms. The Hall–Kier alpha value is -2.05. The standard InChI is InChI=1S/C20H22ClNO4S/c1-14-5-10-18(26-2)17(13-14)22-19(23)20(11-3-4-12-20)27(24,25)16-8-6-15(21)7-9-16/h5-10,13H,3-4,11-12H2,1-2H3,(H,22,23). The zero-order chi connectivity index (χ0) is 19.7. The molecule has 1 saturated carbocycles. The van der Waals surface area contributed by atoms with Crippen molar-refractivity contribution >= 4 is 33.0 Å². The van der Waals surface area contributed by atoms with Gasteiger partial charge in [-0.3, -0.25) is 4.79 Å². The number of carbonyl (C=O) groups is 1. The van der Waals surface area contributed by atoms with Crippen LogP contribution in [0, 0.1) is 6.92 Å². The molecule has 0 unspecified atom stereocenters. The summed E-state index contributed by atoms with van der Waals surface area (Å²) in [4.78, 5) is 13.3. The van der Waals surface area contributed by atoms with Crippen LogP contribution in [0.5, 0.6) is 5.75 Å². The topological polar surface area (TPSA) is 72.5 Å². The SMILES string of the molecule is COc1ccc(C)cc1NC(=O)C1(S(=O)(=O)c2ccc(Cl)cc2)CCCC1. The number of rotatable bonds is 5. The Kier molecular flexibility index (Phi) is 5.49. The van der Waals surface area contributed by atoms with E-state index in [1.54, 1.807) is 12.1 Å². The third-order valence-electron chi connectivity index (χ3n) is 5.07. The molecule has 2 aromatic rings. The Balaban J connectivity index is 2.01. The van der Waals surface area contributed by atoms with Crippen molar-refractivity contribution in [3.8, 4) is 5.75 Å². The second kappa shape index (κ2) is 7.52. The van der Waals surface area contributed by atoms with E-state index in [1.165, 1.54) is 31.4 Å². The van der Waals surface area contributed by atoms with Crippen molar-refractivity contribution in [3.05, 3.63) is 53.1 Å². The number of methoxy groups -OCH3 is 1. The fourth-order valence-corrected chi connectivity index (χ4v) is 5.75. The number of hydrogen-bond donors (Lipinski definition) is 1. The van der Waals surface area contributed by atoms with E-state index < -0.39 is 20.5 Å². The van der Waals surface area contributed by atoms with Gasteiger partial charge in [0.1, 0.15) is 5.75 Å². The van der Waals surface area contributed by atoms with Gasteiger partial charge in [-0.25, -0.2) is 8.42 Å². The molecule has 1 aliphatic carbocycles. The van der Waals surface area contributed by atoms with E-state index in [0.29, 0.717) is 29.3 Å². The molecule has 1 fully saturated rings. The number of amides is 1. The fourth-order valence-electron chi connectivity index (χ4n) is 3.56. The molecule has 2 aromatic carbocycles. The summed E-state index contributed by atoms with van der Waals surface area (Å²) in [5.74, 6) is -0.0233. The fraction of sp³-hybridized carbons (Fsp3) is 0.350. The number of benzene rings is 2. The molecule has 1 N–H and O–H groups in total. The molecule has 5 nitrogen and oxygen atoms in total. The number of aryl methyl sites for hydroxylation is 1. The summed E-state index contributed by atoms with van der Waals surface area (Å²) >= 11 is 5.89. The van der Waals surface area contributed by atoms with Crippen LogP contribution >= 0.6 is 11.6 Å². The highest BCUT2D eigenvalue weighted by molar-refractivity contribution is 7.93. The average molecular weight is 408 g/mol. The maximum atomic E-state index is 13.4. The lowest BCUT2D eigenvalue weighted by atomic mass is 10.1. The smallest absolute Gasteiger partial charge is 0.246 e. The molecule has 0 aliphatic heterocycles. The largest absolute Gasteiger partial charge is 0.495 e. The summed E-state index contributed by atoms with van der Waals surface area (Å²) in [6.07, 6.45) is 1.95. The molecule has 27 heavy (non-hydrogen) atoms. The van der Waals surface area contributed by atoms with Crippen LogP contribution in [0.2, 0.25) is 5.02 Å². The van der Waals surface area contributed by atoms with E-state index in [4.69, 9.17) is 16.3 Å². The molecule has 0 saturated heterocycles. The van der Waals surface area contributed by atoms with Crippen molar-refractivity contribution in [2.45, 2.75) is 42.2 Å². The first-order chi connectivity index (χ1) is 12.8. The van der Waals surface area contributed by atoms with Gasteiger partial charge in [0, 0.05) is 5.02 Å². The third kappa shape index (κ3) is 3.56. The van der Waals surface area contributed by atoms with Crippen LogP contribution in [-0.4, -0.2) is 26.2 Å². The van der Waals surface area contributed by atoms with Crippen molar-refractivity contribution in [1.29, 1.82) is 0 Å². The number of sulfone groups is 1. The summed E-state index contributed by atoms with van der Waals surface area (Å²) in [5.41, 5.74) is 1.41. The van der Waals surface area contributed by atoms with E-state index in [2.05, 4.69) is 5.32 Å². The molecule has 0 radical (unpaired) electrons. The predicted molar refractivity (Wildman–Crippen MR) is 106 cm³/mol. The van der Waals surface area contributed by atoms with Crippen molar-refractivity contribution in [3.63, 3.8) is 0 Å². The van der Waals surface area contributed by atoms with Gasteiger partial charge in [-0.2, -0.15) is 0 Å². The maximum Gasteiger partial charge on any atom is 0.246 e. The minimum atomic E-state index is -3.88.